The average molecular weight is 237 g/mol. The second kappa shape index (κ2) is 5.36. The molecule has 0 atom stereocenters. The third-order valence-corrected chi connectivity index (χ3v) is 3.34. The van der Waals surface area contributed by atoms with E-state index in [9.17, 15) is 4.79 Å². The summed E-state index contributed by atoms with van der Waals surface area (Å²) in [7, 11) is 2.03. The molecule has 1 aliphatic rings. The second-order valence-electron chi connectivity index (χ2n) is 4.94. The molecule has 0 aromatic carbocycles. The maximum atomic E-state index is 11.2. The van der Waals surface area contributed by atoms with Crippen molar-refractivity contribution in [2.24, 2.45) is 5.92 Å². The van der Waals surface area contributed by atoms with Gasteiger partial charge in [-0.3, -0.25) is 9.69 Å². The van der Waals surface area contributed by atoms with Gasteiger partial charge >= 0.3 is 0 Å². The molecule has 0 unspecified atom stereocenters. The van der Waals surface area contributed by atoms with Crippen LogP contribution in [0.15, 0.2) is 21.5 Å². The van der Waals surface area contributed by atoms with Crippen molar-refractivity contribution in [3.05, 3.63) is 28.3 Å². The van der Waals surface area contributed by atoms with Crippen LogP contribution in [0, 0.1) is 5.92 Å². The largest absolute Gasteiger partial charge is 0.502 e. The maximum Gasteiger partial charge on any atom is 0.226 e. The maximum absolute atomic E-state index is 11.2. The molecule has 0 bridgehead atoms. The van der Waals surface area contributed by atoms with E-state index >= 15 is 0 Å². The highest BCUT2D eigenvalue weighted by atomic mass is 16.4. The van der Waals surface area contributed by atoms with Crippen LogP contribution in [-0.4, -0.2) is 23.6 Å². The first kappa shape index (κ1) is 12.2. The molecule has 0 saturated heterocycles. The van der Waals surface area contributed by atoms with E-state index in [2.05, 4.69) is 4.90 Å². The van der Waals surface area contributed by atoms with Crippen molar-refractivity contribution < 1.29 is 9.52 Å². The SMILES string of the molecule is CN(Cc1cc(=O)c(O)co1)CC1CCCC1. The van der Waals surface area contributed by atoms with E-state index in [1.807, 2.05) is 7.05 Å². The van der Waals surface area contributed by atoms with Crippen molar-refractivity contribution in [3.63, 3.8) is 0 Å². The molecular weight excluding hydrogens is 218 g/mol. The van der Waals surface area contributed by atoms with Gasteiger partial charge in [-0.25, -0.2) is 0 Å². The zero-order chi connectivity index (χ0) is 12.3. The minimum Gasteiger partial charge on any atom is -0.502 e. The predicted molar refractivity (Wildman–Crippen MR) is 64.9 cm³/mol. The summed E-state index contributed by atoms with van der Waals surface area (Å²) >= 11 is 0. The molecule has 1 aromatic heterocycles. The molecule has 0 aliphatic heterocycles. The van der Waals surface area contributed by atoms with Crippen LogP contribution in [0.5, 0.6) is 5.75 Å². The van der Waals surface area contributed by atoms with Gasteiger partial charge < -0.3 is 9.52 Å². The van der Waals surface area contributed by atoms with Crippen LogP contribution >= 0.6 is 0 Å². The van der Waals surface area contributed by atoms with Gasteiger partial charge in [0.15, 0.2) is 5.75 Å². The van der Waals surface area contributed by atoms with Crippen LogP contribution in [0.4, 0.5) is 0 Å². The fraction of sp³-hybridized carbons (Fsp3) is 0.615. The molecule has 0 radical (unpaired) electrons. The van der Waals surface area contributed by atoms with Gasteiger partial charge in [0.25, 0.3) is 0 Å². The Balaban J connectivity index is 1.90. The molecule has 4 heteroatoms. The van der Waals surface area contributed by atoms with Gasteiger partial charge in [0, 0.05) is 12.6 Å². The average Bonchev–Trinajstić information content (AvgIpc) is 2.76. The lowest BCUT2D eigenvalue weighted by molar-refractivity contribution is 0.247. The lowest BCUT2D eigenvalue weighted by atomic mass is 10.1. The van der Waals surface area contributed by atoms with E-state index < -0.39 is 0 Å². The summed E-state index contributed by atoms with van der Waals surface area (Å²) < 4.78 is 5.18. The van der Waals surface area contributed by atoms with Crippen molar-refractivity contribution >= 4 is 0 Å². The monoisotopic (exact) mass is 237 g/mol. The lowest BCUT2D eigenvalue weighted by Gasteiger charge is -2.19. The topological polar surface area (TPSA) is 53.7 Å². The van der Waals surface area contributed by atoms with Crippen molar-refractivity contribution in [3.8, 4) is 5.75 Å². The Labute approximate surface area is 101 Å². The van der Waals surface area contributed by atoms with Gasteiger partial charge in [-0.2, -0.15) is 0 Å². The van der Waals surface area contributed by atoms with Crippen LogP contribution in [0.1, 0.15) is 31.4 Å². The Morgan fingerprint density at radius 2 is 2.18 bits per heavy atom. The molecule has 17 heavy (non-hydrogen) atoms. The molecule has 94 valence electrons. The standard InChI is InChI=1S/C13H19NO3/c1-14(7-10-4-2-3-5-10)8-11-6-12(15)13(16)9-17-11/h6,9-10,16H,2-5,7-8H2,1H3. The molecular formula is C13H19NO3. The number of aromatic hydroxyl groups is 1. The summed E-state index contributed by atoms with van der Waals surface area (Å²) in [4.78, 5) is 13.4. The Hall–Kier alpha value is -1.29. The summed E-state index contributed by atoms with van der Waals surface area (Å²) in [6.45, 7) is 1.66. The first-order valence-electron chi connectivity index (χ1n) is 6.14. The van der Waals surface area contributed by atoms with Gasteiger partial charge in [0.1, 0.15) is 12.0 Å². The number of rotatable bonds is 4. The fourth-order valence-corrected chi connectivity index (χ4v) is 2.49. The molecule has 1 aliphatic carbocycles. The zero-order valence-electron chi connectivity index (χ0n) is 10.2. The first-order valence-corrected chi connectivity index (χ1v) is 6.14. The number of hydrogen-bond acceptors (Lipinski definition) is 4. The predicted octanol–water partition coefficient (Wildman–Crippen LogP) is 1.97. The Morgan fingerprint density at radius 1 is 1.47 bits per heavy atom. The molecule has 0 amide bonds. The van der Waals surface area contributed by atoms with Gasteiger partial charge in [-0.05, 0) is 25.8 Å². The number of hydrogen-bond donors (Lipinski definition) is 1. The summed E-state index contributed by atoms with van der Waals surface area (Å²) in [6, 6.07) is 1.36. The summed E-state index contributed by atoms with van der Waals surface area (Å²) in [6.07, 6.45) is 6.41. The van der Waals surface area contributed by atoms with Crippen LogP contribution in [0.25, 0.3) is 0 Å². The van der Waals surface area contributed by atoms with E-state index in [0.29, 0.717) is 12.3 Å². The highest BCUT2D eigenvalue weighted by Gasteiger charge is 2.17. The summed E-state index contributed by atoms with van der Waals surface area (Å²) in [5, 5.41) is 9.09. The number of nitrogens with zero attached hydrogens (tertiary/aromatic N) is 1. The van der Waals surface area contributed by atoms with Crippen LogP contribution in [0.3, 0.4) is 0 Å². The fourth-order valence-electron chi connectivity index (χ4n) is 2.49. The van der Waals surface area contributed by atoms with E-state index in [1.165, 1.54) is 31.7 Å². The smallest absolute Gasteiger partial charge is 0.226 e. The van der Waals surface area contributed by atoms with Gasteiger partial charge in [0.2, 0.25) is 5.43 Å². The highest BCUT2D eigenvalue weighted by Crippen LogP contribution is 2.25. The van der Waals surface area contributed by atoms with Crippen molar-refractivity contribution in [1.82, 2.24) is 4.90 Å². The van der Waals surface area contributed by atoms with E-state index in [-0.39, 0.29) is 11.2 Å². The molecule has 1 aromatic rings. The van der Waals surface area contributed by atoms with Crippen LogP contribution in [0.2, 0.25) is 0 Å². The zero-order valence-corrected chi connectivity index (χ0v) is 10.2. The van der Waals surface area contributed by atoms with E-state index in [0.717, 1.165) is 18.7 Å². The van der Waals surface area contributed by atoms with Crippen molar-refractivity contribution in [1.29, 1.82) is 0 Å². The minimum absolute atomic E-state index is 0.327. The van der Waals surface area contributed by atoms with Gasteiger partial charge in [-0.15, -0.1) is 0 Å². The Kier molecular flexibility index (Phi) is 3.84. The molecule has 2 rings (SSSR count). The Morgan fingerprint density at radius 3 is 2.82 bits per heavy atom. The molecule has 1 saturated carbocycles. The quantitative estimate of drug-likeness (QED) is 0.869. The lowest BCUT2D eigenvalue weighted by Crippen LogP contribution is -2.24. The molecule has 1 N–H and O–H groups in total. The Bertz CT molecular complexity index is 421. The van der Waals surface area contributed by atoms with Crippen LogP contribution < -0.4 is 5.43 Å². The van der Waals surface area contributed by atoms with Gasteiger partial charge in [0.05, 0.1) is 6.54 Å². The molecule has 1 fully saturated rings. The minimum atomic E-state index is -0.375. The molecule has 4 nitrogen and oxygen atoms in total. The molecule has 0 spiro atoms. The third kappa shape index (κ3) is 3.33. The summed E-state index contributed by atoms with van der Waals surface area (Å²) in [5.41, 5.74) is -0.375. The van der Waals surface area contributed by atoms with E-state index in [1.54, 1.807) is 0 Å². The van der Waals surface area contributed by atoms with Crippen LogP contribution in [-0.2, 0) is 6.54 Å². The van der Waals surface area contributed by atoms with Gasteiger partial charge in [-0.1, -0.05) is 12.8 Å². The first-order chi connectivity index (χ1) is 8.15. The normalized spacial score (nSPS) is 16.8. The van der Waals surface area contributed by atoms with E-state index in [4.69, 9.17) is 9.52 Å². The van der Waals surface area contributed by atoms with Crippen molar-refractivity contribution in [2.45, 2.75) is 32.2 Å². The summed E-state index contributed by atoms with van der Waals surface area (Å²) in [5.74, 6) is 1.06. The molecule has 1 heterocycles. The highest BCUT2D eigenvalue weighted by molar-refractivity contribution is 5.15. The second-order valence-corrected chi connectivity index (χ2v) is 4.94. The third-order valence-electron chi connectivity index (χ3n) is 3.34. The van der Waals surface area contributed by atoms with Crippen molar-refractivity contribution in [2.75, 3.05) is 13.6 Å².